The van der Waals surface area contributed by atoms with E-state index in [9.17, 15) is 14.4 Å². The molecule has 1 saturated heterocycles. The summed E-state index contributed by atoms with van der Waals surface area (Å²) in [7, 11) is 11.9. The van der Waals surface area contributed by atoms with Crippen LogP contribution in [-0.4, -0.2) is 53.3 Å². The highest BCUT2D eigenvalue weighted by Gasteiger charge is 2.73. The van der Waals surface area contributed by atoms with Gasteiger partial charge in [0.05, 0.1) is 30.3 Å². The third kappa shape index (κ3) is 4.91. The van der Waals surface area contributed by atoms with Gasteiger partial charge in [0.1, 0.15) is 17.2 Å². The third-order valence-corrected chi connectivity index (χ3v) is 9.22. The van der Waals surface area contributed by atoms with Gasteiger partial charge in [-0.25, -0.2) is 4.90 Å². The maximum Gasteiger partial charge on any atom is 0.411 e. The number of hydrogen-bond donors (Lipinski definition) is 1. The molecular weight excluding hydrogens is 644 g/mol. The normalized spacial score (nSPS) is 21.8. The first-order chi connectivity index (χ1) is 22.7. The average molecular weight is 666 g/mol. The molecule has 1 N–H and O–H groups in total. The largest absolute Gasteiger partial charge is 0.566 e. The number of nitrogens with zero attached hydrogens (tertiary/aromatic N) is 1. The predicted molar refractivity (Wildman–Crippen MR) is 160 cm³/mol. The maximum atomic E-state index is 15.2. The summed E-state index contributed by atoms with van der Waals surface area (Å²) in [5, 5.41) is 2.25. The zero-order valence-corrected chi connectivity index (χ0v) is 24.8. The van der Waals surface area contributed by atoms with E-state index in [2.05, 4.69) is 9.97 Å². The number of alkyl halides is 6. The summed E-state index contributed by atoms with van der Waals surface area (Å²) in [5.41, 5.74) is -8.89. The number of methoxy groups -OCH3 is 1. The van der Waals surface area contributed by atoms with E-state index in [-0.39, 0.29) is 17.4 Å². The van der Waals surface area contributed by atoms with Crippen LogP contribution in [0, 0.1) is 23.7 Å². The van der Waals surface area contributed by atoms with Gasteiger partial charge < -0.3 is 19.4 Å². The van der Waals surface area contributed by atoms with Crippen LogP contribution >= 0.6 is 0 Å². The van der Waals surface area contributed by atoms with E-state index in [0.717, 1.165) is 12.1 Å². The van der Waals surface area contributed by atoms with Crippen LogP contribution in [0.15, 0.2) is 72.8 Å². The number of nitrogens with one attached hydrogen (secondary N) is 1. The van der Waals surface area contributed by atoms with Crippen molar-refractivity contribution in [3.05, 3.63) is 89.5 Å². The quantitative estimate of drug-likeness (QED) is 0.146. The minimum Gasteiger partial charge on any atom is -0.566 e. The van der Waals surface area contributed by atoms with Gasteiger partial charge >= 0.3 is 28.5 Å². The molecule has 3 aliphatic rings. The Bertz CT molecular complexity index is 1790. The van der Waals surface area contributed by atoms with Crippen molar-refractivity contribution in [2.45, 2.75) is 24.2 Å². The minimum absolute atomic E-state index is 0.0163. The molecule has 4 unspecified atom stereocenters. The van der Waals surface area contributed by atoms with Crippen molar-refractivity contribution in [3.8, 4) is 17.2 Å². The third-order valence-electron chi connectivity index (χ3n) is 9.22. The molecule has 0 aromatic heterocycles. The minimum atomic E-state index is -6.09. The van der Waals surface area contributed by atoms with Crippen molar-refractivity contribution in [1.29, 1.82) is 0 Å². The zero-order chi connectivity index (χ0) is 34.8. The monoisotopic (exact) mass is 666 g/mol. The smallest absolute Gasteiger partial charge is 0.411 e. The lowest BCUT2D eigenvalue weighted by Gasteiger charge is -2.39. The van der Waals surface area contributed by atoms with Crippen molar-refractivity contribution in [2.75, 3.05) is 17.3 Å². The first kappa shape index (κ1) is 33.0. The summed E-state index contributed by atoms with van der Waals surface area (Å²) in [6.07, 6.45) is -8.10. The zero-order valence-electron chi connectivity index (χ0n) is 24.8. The second kappa shape index (κ2) is 11.7. The molecule has 0 spiro atoms. The van der Waals surface area contributed by atoms with Gasteiger partial charge in [0.15, 0.2) is 0 Å². The first-order valence-corrected chi connectivity index (χ1v) is 14.4. The van der Waals surface area contributed by atoms with E-state index in [1.54, 1.807) is 12.2 Å². The van der Waals surface area contributed by atoms with Crippen LogP contribution in [0.1, 0.15) is 27.9 Å². The Hall–Kier alpha value is -4.88. The number of imide groups is 1. The Balaban J connectivity index is 1.49. The summed E-state index contributed by atoms with van der Waals surface area (Å²) < 4.78 is 106. The van der Waals surface area contributed by atoms with Gasteiger partial charge in [0.2, 0.25) is 17.2 Å². The molecule has 16 heteroatoms. The molecule has 1 aliphatic heterocycles. The van der Waals surface area contributed by atoms with Gasteiger partial charge in [-0.2, -0.15) is 26.3 Å². The summed E-state index contributed by atoms with van der Waals surface area (Å²) >= 11 is 0. The molecular formula is C32H22B2F6N2O6. The van der Waals surface area contributed by atoms with Crippen LogP contribution in [-0.2, 0) is 15.0 Å². The van der Waals surface area contributed by atoms with E-state index in [1.807, 2.05) is 0 Å². The van der Waals surface area contributed by atoms with Crippen molar-refractivity contribution in [2.24, 2.45) is 23.7 Å². The Labute approximate surface area is 271 Å². The summed E-state index contributed by atoms with van der Waals surface area (Å²) in [5.74, 6) is -5.29. The molecule has 48 heavy (non-hydrogen) atoms. The Morgan fingerprint density at radius 2 is 1.31 bits per heavy atom. The number of hydrogen-bond acceptors (Lipinski definition) is 6. The summed E-state index contributed by atoms with van der Waals surface area (Å²) in [6, 6.07) is 8.79. The Kier molecular flexibility index (Phi) is 8.03. The fourth-order valence-electron chi connectivity index (χ4n) is 7.05. The molecule has 1 heterocycles. The molecule has 2 aliphatic carbocycles. The number of fused-ring (bicyclic) bond motifs is 5. The van der Waals surface area contributed by atoms with Crippen LogP contribution in [0.5, 0.6) is 17.2 Å². The predicted octanol–water partition coefficient (Wildman–Crippen LogP) is 5.59. The van der Waals surface area contributed by atoms with Gasteiger partial charge in [0.25, 0.3) is 5.91 Å². The van der Waals surface area contributed by atoms with E-state index >= 15 is 26.3 Å². The lowest BCUT2D eigenvalue weighted by Crippen LogP contribution is -2.55. The maximum absolute atomic E-state index is 15.2. The topological polar surface area (TPSA) is 94.2 Å². The SMILES string of the molecule is [B]Oc1ccc(C(c2ccc(O[B])c(N3C(=O)C4C5C=CC(C5)C4C3=O)c2)(C(F)(F)F)C(F)(F)F)cc1NC(=O)c1ccc(OC)cc1. The van der Waals surface area contributed by atoms with Crippen molar-refractivity contribution < 1.29 is 54.8 Å². The summed E-state index contributed by atoms with van der Waals surface area (Å²) in [4.78, 5) is 40.5. The standard InChI is InChI=1S/C32H22B2F6N2O6/c1-46-20-8-4-15(5-9-20)27(43)41-21-13-18(6-10-23(21)47-33)30(31(35,36)37,32(38,39)40)19-7-11-24(48-34)22(14-19)42-28(44)25-16-2-3-17(12-16)26(25)29(42)45/h2-11,13-14,16-17,25-26H,12H2,1H3,(H,41,43). The number of carbonyl (C=O) groups excluding carboxylic acids is 3. The lowest BCUT2D eigenvalue weighted by atomic mass is 9.72. The molecule has 1 saturated carbocycles. The highest BCUT2D eigenvalue weighted by molar-refractivity contribution is 6.23. The van der Waals surface area contributed by atoms with Crippen molar-refractivity contribution in [1.82, 2.24) is 0 Å². The van der Waals surface area contributed by atoms with Crippen LogP contribution in [0.25, 0.3) is 0 Å². The van der Waals surface area contributed by atoms with Crippen molar-refractivity contribution in [3.63, 3.8) is 0 Å². The molecule has 3 aromatic rings. The number of amides is 3. The lowest BCUT2D eigenvalue weighted by molar-refractivity contribution is -0.288. The number of halogens is 6. The fraction of sp³-hybridized carbons (Fsp3) is 0.281. The van der Waals surface area contributed by atoms with Crippen molar-refractivity contribution >= 4 is 45.2 Å². The second-order valence-corrected chi connectivity index (χ2v) is 11.6. The number of anilines is 2. The molecule has 2 bridgehead atoms. The van der Waals surface area contributed by atoms with Gasteiger partial charge in [-0.3, -0.25) is 14.4 Å². The van der Waals surface area contributed by atoms with Crippen LogP contribution in [0.2, 0.25) is 0 Å². The average Bonchev–Trinajstić information content (AvgIpc) is 3.73. The van der Waals surface area contributed by atoms with Gasteiger partial charge in [-0.05, 0) is 77.9 Å². The van der Waals surface area contributed by atoms with E-state index in [1.165, 1.54) is 31.4 Å². The fourth-order valence-corrected chi connectivity index (χ4v) is 7.05. The van der Waals surface area contributed by atoms with Gasteiger partial charge in [-0.1, -0.05) is 24.3 Å². The molecule has 244 valence electrons. The highest BCUT2D eigenvalue weighted by atomic mass is 19.4. The van der Waals surface area contributed by atoms with Gasteiger partial charge in [0, 0.05) is 5.56 Å². The molecule has 4 radical (unpaired) electrons. The van der Waals surface area contributed by atoms with Crippen LogP contribution in [0.4, 0.5) is 37.7 Å². The number of rotatable bonds is 8. The molecule has 4 atom stereocenters. The Morgan fingerprint density at radius 1 is 0.792 bits per heavy atom. The number of allylic oxidation sites excluding steroid dienone is 2. The number of benzene rings is 3. The summed E-state index contributed by atoms with van der Waals surface area (Å²) in [6.45, 7) is 0. The van der Waals surface area contributed by atoms with Gasteiger partial charge in [-0.15, -0.1) is 0 Å². The highest BCUT2D eigenvalue weighted by Crippen LogP contribution is 2.59. The second-order valence-electron chi connectivity index (χ2n) is 11.6. The number of carbonyl (C=O) groups is 3. The molecule has 6 rings (SSSR count). The van der Waals surface area contributed by atoms with E-state index in [0.29, 0.717) is 41.3 Å². The number of ether oxygens (including phenoxy) is 1. The van der Waals surface area contributed by atoms with Crippen LogP contribution in [0.3, 0.4) is 0 Å². The molecule has 8 nitrogen and oxygen atoms in total. The first-order valence-electron chi connectivity index (χ1n) is 14.4. The van der Waals surface area contributed by atoms with Crippen LogP contribution < -0.4 is 24.3 Å². The molecule has 2 fully saturated rings. The van der Waals surface area contributed by atoms with E-state index < -0.39 is 81.3 Å². The molecule has 3 amide bonds. The van der Waals surface area contributed by atoms with E-state index in [4.69, 9.17) is 25.5 Å². The molecule has 3 aromatic carbocycles. The Morgan fingerprint density at radius 3 is 1.81 bits per heavy atom.